The minimum Gasteiger partial charge on any atom is -0.369 e. The Morgan fingerprint density at radius 3 is 2.69 bits per heavy atom. The quantitative estimate of drug-likeness (QED) is 0.213. The van der Waals surface area contributed by atoms with E-state index in [0.717, 1.165) is 58.0 Å². The van der Waals surface area contributed by atoms with E-state index < -0.39 is 0 Å². The third-order valence-electron chi connectivity index (χ3n) is 6.07. The smallest absolute Gasteiger partial charge is 0.197 e. The molecule has 168 valence electrons. The summed E-state index contributed by atoms with van der Waals surface area (Å²) in [4.78, 5) is 7.47. The van der Waals surface area contributed by atoms with Crippen LogP contribution in [0.4, 0.5) is 0 Å². The van der Waals surface area contributed by atoms with Crippen molar-refractivity contribution in [1.29, 1.82) is 0 Å². The Balaban J connectivity index is 1.55. The first-order valence-corrected chi connectivity index (χ1v) is 14.0. The molecule has 4 aromatic rings. The number of ether oxygens (including phenoxy) is 1. The lowest BCUT2D eigenvalue weighted by Crippen LogP contribution is -2.33. The lowest BCUT2D eigenvalue weighted by molar-refractivity contribution is -0.0542. The Hall–Kier alpha value is -1.61. The van der Waals surface area contributed by atoms with Crippen LogP contribution in [-0.4, -0.2) is 36.7 Å². The number of aryl methyl sites for hydroxylation is 1. The molecule has 0 spiro atoms. The fourth-order valence-electron chi connectivity index (χ4n) is 4.03. The second kappa shape index (κ2) is 9.33. The zero-order valence-electron chi connectivity index (χ0n) is 18.8. The molecule has 3 aromatic heterocycles. The Bertz CT molecular complexity index is 1240. The SMILES string of the molecule is CCCSc1nc2sc3c(c2c2nnc(SCCc4ccccc4)n12)CC(C)(CC)OC3. The molecule has 1 atom stereocenters. The third-order valence-corrected chi connectivity index (χ3v) is 9.24. The summed E-state index contributed by atoms with van der Waals surface area (Å²) in [7, 11) is 0. The van der Waals surface area contributed by atoms with Gasteiger partial charge >= 0.3 is 0 Å². The maximum atomic E-state index is 6.21. The normalized spacial score (nSPS) is 18.5. The second-order valence-corrected chi connectivity index (χ2v) is 11.6. The Kier molecular flexibility index (Phi) is 6.47. The first kappa shape index (κ1) is 22.2. The van der Waals surface area contributed by atoms with Crippen molar-refractivity contribution in [2.75, 3.05) is 11.5 Å². The summed E-state index contributed by atoms with van der Waals surface area (Å²) >= 11 is 5.32. The molecule has 8 heteroatoms. The number of rotatable bonds is 8. The van der Waals surface area contributed by atoms with E-state index in [-0.39, 0.29) is 5.60 Å². The van der Waals surface area contributed by atoms with Crippen LogP contribution in [0, 0.1) is 0 Å². The zero-order valence-corrected chi connectivity index (χ0v) is 21.2. The maximum absolute atomic E-state index is 6.21. The number of benzene rings is 1. The van der Waals surface area contributed by atoms with Crippen molar-refractivity contribution in [2.24, 2.45) is 0 Å². The van der Waals surface area contributed by atoms with Gasteiger partial charge < -0.3 is 4.74 Å². The van der Waals surface area contributed by atoms with Crippen LogP contribution >= 0.6 is 34.9 Å². The number of thioether (sulfide) groups is 2. The number of nitrogens with zero attached hydrogens (tertiary/aromatic N) is 4. The minimum absolute atomic E-state index is 0.124. The van der Waals surface area contributed by atoms with E-state index in [2.05, 4.69) is 60.6 Å². The molecule has 0 saturated carbocycles. The fraction of sp³-hybridized carbons (Fsp3) is 0.458. The monoisotopic (exact) mass is 484 g/mol. The fourth-order valence-corrected chi connectivity index (χ4v) is 7.01. The van der Waals surface area contributed by atoms with Crippen molar-refractivity contribution in [3.63, 3.8) is 0 Å². The average molecular weight is 485 g/mol. The van der Waals surface area contributed by atoms with Gasteiger partial charge in [0.15, 0.2) is 16.0 Å². The van der Waals surface area contributed by atoms with Gasteiger partial charge in [0, 0.05) is 22.8 Å². The van der Waals surface area contributed by atoms with Gasteiger partial charge in [-0.3, -0.25) is 0 Å². The van der Waals surface area contributed by atoms with Crippen molar-refractivity contribution >= 4 is 50.7 Å². The summed E-state index contributed by atoms with van der Waals surface area (Å²) in [6.45, 7) is 7.28. The summed E-state index contributed by atoms with van der Waals surface area (Å²) in [5.74, 6) is 1.99. The van der Waals surface area contributed by atoms with Gasteiger partial charge in [0.05, 0.1) is 17.6 Å². The molecule has 0 bridgehead atoms. The molecule has 5 rings (SSSR count). The van der Waals surface area contributed by atoms with Crippen LogP contribution in [0.15, 0.2) is 40.6 Å². The van der Waals surface area contributed by atoms with Crippen molar-refractivity contribution in [2.45, 2.75) is 69.0 Å². The van der Waals surface area contributed by atoms with Gasteiger partial charge in [-0.1, -0.05) is 67.7 Å². The number of fused-ring (bicyclic) bond motifs is 5. The van der Waals surface area contributed by atoms with E-state index in [4.69, 9.17) is 14.8 Å². The van der Waals surface area contributed by atoms with Crippen LogP contribution in [0.1, 0.15) is 49.6 Å². The highest BCUT2D eigenvalue weighted by atomic mass is 32.2. The Morgan fingerprint density at radius 2 is 1.91 bits per heavy atom. The number of hydrogen-bond donors (Lipinski definition) is 0. The van der Waals surface area contributed by atoms with Crippen molar-refractivity contribution < 1.29 is 4.74 Å². The van der Waals surface area contributed by atoms with Crippen LogP contribution in [0.5, 0.6) is 0 Å². The van der Waals surface area contributed by atoms with Gasteiger partial charge in [0.25, 0.3) is 0 Å². The van der Waals surface area contributed by atoms with Gasteiger partial charge in [0.1, 0.15) is 4.83 Å². The number of aromatic nitrogens is 4. The van der Waals surface area contributed by atoms with E-state index in [1.165, 1.54) is 21.4 Å². The molecule has 1 aliphatic heterocycles. The maximum Gasteiger partial charge on any atom is 0.197 e. The first-order valence-electron chi connectivity index (χ1n) is 11.2. The molecule has 0 amide bonds. The van der Waals surface area contributed by atoms with Gasteiger partial charge in [-0.05, 0) is 37.3 Å². The summed E-state index contributed by atoms with van der Waals surface area (Å²) in [6.07, 6.45) is 4.01. The van der Waals surface area contributed by atoms with Gasteiger partial charge in [0.2, 0.25) is 0 Å². The lowest BCUT2D eigenvalue weighted by atomic mass is 9.90. The molecular weight excluding hydrogens is 456 g/mol. The molecule has 0 aliphatic carbocycles. The van der Waals surface area contributed by atoms with Crippen LogP contribution in [0.2, 0.25) is 0 Å². The van der Waals surface area contributed by atoms with Gasteiger partial charge in [-0.15, -0.1) is 21.5 Å². The van der Waals surface area contributed by atoms with E-state index in [1.54, 1.807) is 34.9 Å². The second-order valence-electron chi connectivity index (χ2n) is 8.42. The molecule has 1 aromatic carbocycles. The molecular formula is C24H28N4OS3. The van der Waals surface area contributed by atoms with Crippen molar-refractivity contribution in [1.82, 2.24) is 19.6 Å². The summed E-state index contributed by atoms with van der Waals surface area (Å²) < 4.78 is 8.41. The Labute approximate surface area is 201 Å². The number of hydrogen-bond acceptors (Lipinski definition) is 7. The summed E-state index contributed by atoms with van der Waals surface area (Å²) in [5.41, 5.74) is 3.54. The Morgan fingerprint density at radius 1 is 1.09 bits per heavy atom. The highest BCUT2D eigenvalue weighted by molar-refractivity contribution is 7.99. The van der Waals surface area contributed by atoms with E-state index in [9.17, 15) is 0 Å². The topological polar surface area (TPSA) is 52.3 Å². The number of thiophene rings is 1. The van der Waals surface area contributed by atoms with E-state index in [1.807, 2.05) is 0 Å². The predicted molar refractivity (Wildman–Crippen MR) is 135 cm³/mol. The van der Waals surface area contributed by atoms with Gasteiger partial charge in [-0.25, -0.2) is 9.38 Å². The molecule has 0 N–H and O–H groups in total. The van der Waals surface area contributed by atoms with Crippen LogP contribution in [0.3, 0.4) is 0 Å². The highest BCUT2D eigenvalue weighted by Crippen LogP contribution is 2.42. The standard InChI is InChI=1S/C24H28N4OS3/c1-4-12-30-22-25-21-19(17-14-24(3,5-2)29-15-18(17)32-21)20-26-27-23(28(20)22)31-13-11-16-9-7-6-8-10-16/h6-10H,4-5,11-15H2,1-3H3. The van der Waals surface area contributed by atoms with Crippen LogP contribution < -0.4 is 0 Å². The van der Waals surface area contributed by atoms with E-state index in [0.29, 0.717) is 6.61 Å². The van der Waals surface area contributed by atoms with E-state index >= 15 is 0 Å². The third kappa shape index (κ3) is 4.18. The highest BCUT2D eigenvalue weighted by Gasteiger charge is 2.33. The van der Waals surface area contributed by atoms with Crippen LogP contribution in [-0.2, 0) is 24.2 Å². The molecule has 1 aliphatic rings. The molecule has 0 fully saturated rings. The molecule has 5 nitrogen and oxygen atoms in total. The predicted octanol–water partition coefficient (Wildman–Crippen LogP) is 6.42. The summed E-state index contributed by atoms with van der Waals surface area (Å²) in [5, 5.41) is 12.4. The minimum atomic E-state index is -0.124. The summed E-state index contributed by atoms with van der Waals surface area (Å²) in [6, 6.07) is 10.6. The average Bonchev–Trinajstić information content (AvgIpc) is 3.39. The molecule has 1 unspecified atom stereocenters. The molecule has 4 heterocycles. The molecule has 32 heavy (non-hydrogen) atoms. The van der Waals surface area contributed by atoms with Crippen molar-refractivity contribution in [3.8, 4) is 0 Å². The zero-order chi connectivity index (χ0) is 22.1. The lowest BCUT2D eigenvalue weighted by Gasteiger charge is -2.33. The van der Waals surface area contributed by atoms with Gasteiger partial charge in [-0.2, -0.15) is 0 Å². The first-order chi connectivity index (χ1) is 15.6. The largest absolute Gasteiger partial charge is 0.369 e. The van der Waals surface area contributed by atoms with Crippen molar-refractivity contribution in [3.05, 3.63) is 46.3 Å². The molecule has 0 radical (unpaired) electrons. The van der Waals surface area contributed by atoms with Crippen LogP contribution in [0.25, 0.3) is 15.9 Å². The molecule has 0 saturated heterocycles.